The van der Waals surface area contributed by atoms with Crippen LogP contribution in [0.1, 0.15) is 62.0 Å². The van der Waals surface area contributed by atoms with Crippen LogP contribution in [-0.2, 0) is 14.3 Å². The van der Waals surface area contributed by atoms with Crippen molar-refractivity contribution >= 4 is 18.0 Å². The number of alkyl carbamates (subject to hydrolysis) is 1. The van der Waals surface area contributed by atoms with Gasteiger partial charge in [0.15, 0.2) is 0 Å². The molecule has 0 heterocycles. The number of carboxylic acid groups (broad SMARTS) is 1. The molecule has 7 heteroatoms. The number of ether oxygens (including phenoxy) is 1. The van der Waals surface area contributed by atoms with Gasteiger partial charge in [-0.3, -0.25) is 9.59 Å². The number of benzene rings is 2. The Hall–Kier alpha value is -3.35. The minimum absolute atomic E-state index is 0.00993. The Labute approximate surface area is 205 Å². The summed E-state index contributed by atoms with van der Waals surface area (Å²) in [5.74, 6) is -1.37. The molecule has 35 heavy (non-hydrogen) atoms. The second-order valence-corrected chi connectivity index (χ2v) is 10.2. The average molecular weight is 477 g/mol. The van der Waals surface area contributed by atoms with Gasteiger partial charge in [0.25, 0.3) is 0 Å². The normalized spacial score (nSPS) is 21.9. The highest BCUT2D eigenvalue weighted by atomic mass is 16.5. The molecule has 0 aromatic heterocycles. The van der Waals surface area contributed by atoms with E-state index in [1.807, 2.05) is 24.3 Å². The number of aliphatic carboxylic acids is 1. The van der Waals surface area contributed by atoms with E-state index >= 15 is 0 Å². The van der Waals surface area contributed by atoms with Gasteiger partial charge in [0.1, 0.15) is 6.61 Å². The molecule has 5 rings (SSSR count). The van der Waals surface area contributed by atoms with Crippen molar-refractivity contribution in [2.24, 2.45) is 11.8 Å². The van der Waals surface area contributed by atoms with Crippen LogP contribution < -0.4 is 10.6 Å². The minimum Gasteiger partial charge on any atom is -0.481 e. The Kier molecular flexibility index (Phi) is 6.50. The van der Waals surface area contributed by atoms with Crippen molar-refractivity contribution in [3.05, 3.63) is 59.7 Å². The van der Waals surface area contributed by atoms with Crippen LogP contribution in [0.4, 0.5) is 4.79 Å². The number of hydrogen-bond acceptors (Lipinski definition) is 4. The van der Waals surface area contributed by atoms with Crippen LogP contribution in [0.2, 0.25) is 0 Å². The first-order valence-corrected chi connectivity index (χ1v) is 12.6. The van der Waals surface area contributed by atoms with Crippen LogP contribution in [0.3, 0.4) is 0 Å². The quantitative estimate of drug-likeness (QED) is 0.522. The van der Waals surface area contributed by atoms with Crippen LogP contribution in [-0.4, -0.2) is 41.8 Å². The molecule has 2 aromatic rings. The van der Waals surface area contributed by atoms with Crippen molar-refractivity contribution in [2.75, 3.05) is 13.2 Å². The van der Waals surface area contributed by atoms with Crippen molar-refractivity contribution in [1.82, 2.24) is 10.6 Å². The van der Waals surface area contributed by atoms with E-state index in [0.29, 0.717) is 13.0 Å². The van der Waals surface area contributed by atoms with Gasteiger partial charge in [-0.05, 0) is 53.9 Å². The van der Waals surface area contributed by atoms with E-state index in [2.05, 4.69) is 34.9 Å². The van der Waals surface area contributed by atoms with Crippen LogP contribution in [0.5, 0.6) is 0 Å². The Morgan fingerprint density at radius 3 is 2.20 bits per heavy atom. The van der Waals surface area contributed by atoms with Crippen LogP contribution in [0.15, 0.2) is 48.5 Å². The van der Waals surface area contributed by atoms with Gasteiger partial charge in [0, 0.05) is 18.9 Å². The SMILES string of the molecule is O=C(CC1(NC(=O)OCC2c3ccccc3-c3ccccc32)CC1)NC[C@@H]1CCCC[C@@H]1C(=O)O. The van der Waals surface area contributed by atoms with E-state index in [9.17, 15) is 19.5 Å². The van der Waals surface area contributed by atoms with Gasteiger partial charge < -0.3 is 20.5 Å². The van der Waals surface area contributed by atoms with Crippen molar-refractivity contribution in [3.63, 3.8) is 0 Å². The first-order valence-electron chi connectivity index (χ1n) is 12.6. The summed E-state index contributed by atoms with van der Waals surface area (Å²) >= 11 is 0. The number of nitrogens with one attached hydrogen (secondary N) is 2. The van der Waals surface area contributed by atoms with Crippen LogP contribution in [0, 0.1) is 11.8 Å². The molecular weight excluding hydrogens is 444 g/mol. The molecule has 3 N–H and O–H groups in total. The number of carbonyl (C=O) groups is 3. The van der Waals surface area contributed by atoms with Gasteiger partial charge in [-0.25, -0.2) is 4.79 Å². The Bertz CT molecular complexity index is 1080. The summed E-state index contributed by atoms with van der Waals surface area (Å²) in [5.41, 5.74) is 4.10. The molecule has 2 amide bonds. The monoisotopic (exact) mass is 476 g/mol. The molecule has 3 aliphatic carbocycles. The number of rotatable bonds is 8. The zero-order chi connectivity index (χ0) is 24.4. The van der Waals surface area contributed by atoms with Gasteiger partial charge in [-0.2, -0.15) is 0 Å². The first kappa shape index (κ1) is 23.4. The average Bonchev–Trinajstić information content (AvgIpc) is 3.53. The van der Waals surface area contributed by atoms with E-state index in [-0.39, 0.29) is 30.8 Å². The summed E-state index contributed by atoms with van der Waals surface area (Å²) < 4.78 is 5.65. The predicted octanol–water partition coefficient (Wildman–Crippen LogP) is 4.46. The lowest BCUT2D eigenvalue weighted by atomic mass is 9.79. The maximum atomic E-state index is 12.7. The summed E-state index contributed by atoms with van der Waals surface area (Å²) in [6.07, 6.45) is 4.55. The van der Waals surface area contributed by atoms with E-state index in [1.165, 1.54) is 11.1 Å². The predicted molar refractivity (Wildman–Crippen MR) is 131 cm³/mol. The third kappa shape index (κ3) is 5.04. The second kappa shape index (κ2) is 9.72. The minimum atomic E-state index is -0.778. The number of fused-ring (bicyclic) bond motifs is 3. The first-order chi connectivity index (χ1) is 17.0. The second-order valence-electron chi connectivity index (χ2n) is 10.2. The molecule has 3 aliphatic rings. The molecule has 0 aliphatic heterocycles. The zero-order valence-electron chi connectivity index (χ0n) is 19.8. The smallest absolute Gasteiger partial charge is 0.407 e. The molecule has 184 valence electrons. The molecule has 7 nitrogen and oxygen atoms in total. The van der Waals surface area contributed by atoms with Crippen LogP contribution in [0.25, 0.3) is 11.1 Å². The Morgan fingerprint density at radius 1 is 0.943 bits per heavy atom. The third-order valence-electron chi connectivity index (χ3n) is 7.85. The Morgan fingerprint density at radius 2 is 1.57 bits per heavy atom. The van der Waals surface area contributed by atoms with E-state index in [0.717, 1.165) is 43.2 Å². The lowest BCUT2D eigenvalue weighted by molar-refractivity contribution is -0.145. The number of carboxylic acids is 1. The molecule has 2 aromatic carbocycles. The topological polar surface area (TPSA) is 105 Å². The zero-order valence-corrected chi connectivity index (χ0v) is 19.8. The highest BCUT2D eigenvalue weighted by molar-refractivity contribution is 5.80. The maximum absolute atomic E-state index is 12.7. The molecule has 2 saturated carbocycles. The fourth-order valence-corrected chi connectivity index (χ4v) is 5.74. The number of hydrogen-bond donors (Lipinski definition) is 3. The molecule has 2 atom stereocenters. The molecule has 2 fully saturated rings. The van der Waals surface area contributed by atoms with Crippen molar-refractivity contribution < 1.29 is 24.2 Å². The molecule has 0 saturated heterocycles. The van der Waals surface area contributed by atoms with Gasteiger partial charge in [-0.15, -0.1) is 0 Å². The molecule has 0 bridgehead atoms. The molecule has 0 spiro atoms. The summed E-state index contributed by atoms with van der Waals surface area (Å²) in [4.78, 5) is 36.7. The van der Waals surface area contributed by atoms with Crippen LogP contribution >= 0.6 is 0 Å². The third-order valence-corrected chi connectivity index (χ3v) is 7.85. The number of carbonyl (C=O) groups excluding carboxylic acids is 2. The fourth-order valence-electron chi connectivity index (χ4n) is 5.74. The van der Waals surface area contributed by atoms with Gasteiger partial charge in [0.2, 0.25) is 5.91 Å². The highest BCUT2D eigenvalue weighted by Crippen LogP contribution is 2.44. The lowest BCUT2D eigenvalue weighted by Crippen LogP contribution is -2.43. The van der Waals surface area contributed by atoms with Crippen molar-refractivity contribution in [1.29, 1.82) is 0 Å². The summed E-state index contributed by atoms with van der Waals surface area (Å²) in [6, 6.07) is 16.4. The summed E-state index contributed by atoms with van der Waals surface area (Å²) in [7, 11) is 0. The van der Waals surface area contributed by atoms with E-state index < -0.39 is 23.5 Å². The van der Waals surface area contributed by atoms with Crippen molar-refractivity contribution in [3.8, 4) is 11.1 Å². The summed E-state index contributed by atoms with van der Waals surface area (Å²) in [5, 5.41) is 15.3. The Balaban J connectivity index is 1.12. The standard InChI is InChI=1S/C28H32N2O5/c31-25(29-16-18-7-1-2-8-19(18)26(32)33)15-28(13-14-28)30-27(34)35-17-24-22-11-5-3-9-20(22)21-10-4-6-12-23(21)24/h3-6,9-12,18-19,24H,1-2,7-8,13-17H2,(H,29,31)(H,30,34)(H,32,33)/t18-,19-/m0/s1. The van der Waals surface area contributed by atoms with Gasteiger partial charge in [0.05, 0.1) is 11.5 Å². The van der Waals surface area contributed by atoms with E-state index in [4.69, 9.17) is 4.74 Å². The molecule has 0 unspecified atom stereocenters. The molecular formula is C28H32N2O5. The summed E-state index contributed by atoms with van der Waals surface area (Å²) in [6.45, 7) is 0.608. The van der Waals surface area contributed by atoms with Crippen molar-refractivity contribution in [2.45, 2.75) is 56.4 Å². The largest absolute Gasteiger partial charge is 0.481 e. The van der Waals surface area contributed by atoms with Gasteiger partial charge in [-0.1, -0.05) is 61.4 Å². The van der Waals surface area contributed by atoms with Gasteiger partial charge >= 0.3 is 12.1 Å². The number of amides is 2. The highest BCUT2D eigenvalue weighted by Gasteiger charge is 2.46. The van der Waals surface area contributed by atoms with E-state index in [1.54, 1.807) is 0 Å². The lowest BCUT2D eigenvalue weighted by Gasteiger charge is -2.28. The fraction of sp³-hybridized carbons (Fsp3) is 0.464. The molecule has 0 radical (unpaired) electrons. The maximum Gasteiger partial charge on any atom is 0.407 e.